The highest BCUT2D eigenvalue weighted by Crippen LogP contribution is 2.29. The fraction of sp³-hybridized carbons (Fsp3) is 0.500. The molecule has 3 rings (SSSR count). The van der Waals surface area contributed by atoms with Crippen molar-refractivity contribution in [3.05, 3.63) is 46.8 Å². The molecule has 0 atom stereocenters. The van der Waals surface area contributed by atoms with Crippen LogP contribution >= 0.6 is 0 Å². The number of benzene rings is 1. The summed E-state index contributed by atoms with van der Waals surface area (Å²) in [5.74, 6) is 0.481. The Morgan fingerprint density at radius 3 is 2.78 bits per heavy atom. The lowest BCUT2D eigenvalue weighted by Crippen LogP contribution is -2.34. The van der Waals surface area contributed by atoms with Crippen LogP contribution in [0.3, 0.4) is 0 Å². The fourth-order valence-corrected chi connectivity index (χ4v) is 3.67. The molecule has 0 fully saturated rings. The zero-order valence-corrected chi connectivity index (χ0v) is 16.5. The predicted molar refractivity (Wildman–Crippen MR) is 106 cm³/mol. The van der Waals surface area contributed by atoms with Crippen LogP contribution in [-0.4, -0.2) is 33.7 Å². The van der Waals surface area contributed by atoms with Crippen molar-refractivity contribution in [2.24, 2.45) is 5.92 Å². The van der Waals surface area contributed by atoms with Gasteiger partial charge in [-0.25, -0.2) is 4.68 Å². The van der Waals surface area contributed by atoms with Crippen LogP contribution in [0.2, 0.25) is 0 Å². The SMILES string of the molecule is Cc1ccccc1-n1nc(C(=O)N(CCC#N)CCC(C)C)c2c1CCC2. The topological polar surface area (TPSA) is 61.9 Å². The van der Waals surface area contributed by atoms with Gasteiger partial charge in [-0.2, -0.15) is 10.4 Å². The summed E-state index contributed by atoms with van der Waals surface area (Å²) in [5.41, 5.74) is 5.02. The average molecular weight is 364 g/mol. The van der Waals surface area contributed by atoms with E-state index in [2.05, 4.69) is 39.0 Å². The molecule has 0 bridgehead atoms. The van der Waals surface area contributed by atoms with Gasteiger partial charge in [0.2, 0.25) is 0 Å². The van der Waals surface area contributed by atoms with Gasteiger partial charge in [0.05, 0.1) is 18.2 Å². The summed E-state index contributed by atoms with van der Waals surface area (Å²) in [6.07, 6.45) is 4.19. The molecule has 2 aromatic rings. The average Bonchev–Trinajstić information content (AvgIpc) is 3.24. The van der Waals surface area contributed by atoms with Gasteiger partial charge in [0.1, 0.15) is 0 Å². The van der Waals surface area contributed by atoms with Crippen LogP contribution in [0.1, 0.15) is 60.4 Å². The number of fused-ring (bicyclic) bond motifs is 1. The maximum absolute atomic E-state index is 13.3. The number of rotatable bonds is 7. The Morgan fingerprint density at radius 1 is 1.30 bits per heavy atom. The molecule has 1 aromatic heterocycles. The standard InChI is InChI=1S/C22H28N4O/c1-16(2)12-15-25(14-7-13-23)22(27)21-18-9-6-11-20(18)26(24-21)19-10-5-4-8-17(19)3/h4-5,8,10,16H,6-7,9,11-12,14-15H2,1-3H3. The smallest absolute Gasteiger partial charge is 0.274 e. The number of hydrogen-bond acceptors (Lipinski definition) is 3. The molecular weight excluding hydrogens is 336 g/mol. The third kappa shape index (κ3) is 4.05. The predicted octanol–water partition coefficient (Wildman–Crippen LogP) is 4.07. The van der Waals surface area contributed by atoms with Gasteiger partial charge in [0.25, 0.3) is 5.91 Å². The molecule has 1 aromatic carbocycles. The van der Waals surface area contributed by atoms with E-state index in [4.69, 9.17) is 10.4 Å². The minimum absolute atomic E-state index is 0.0311. The Morgan fingerprint density at radius 2 is 2.07 bits per heavy atom. The van der Waals surface area contributed by atoms with Gasteiger partial charge in [0.15, 0.2) is 5.69 Å². The number of aryl methyl sites for hydroxylation is 1. The second-order valence-corrected chi connectivity index (χ2v) is 7.71. The fourth-order valence-electron chi connectivity index (χ4n) is 3.67. The number of hydrogen-bond donors (Lipinski definition) is 0. The molecule has 0 saturated carbocycles. The molecule has 142 valence electrons. The molecule has 1 aliphatic carbocycles. The summed E-state index contributed by atoms with van der Waals surface area (Å²) in [5, 5.41) is 13.7. The number of nitriles is 1. The highest BCUT2D eigenvalue weighted by Gasteiger charge is 2.29. The van der Waals surface area contributed by atoms with Gasteiger partial charge >= 0.3 is 0 Å². The lowest BCUT2D eigenvalue weighted by atomic mass is 10.1. The Hall–Kier alpha value is -2.61. The van der Waals surface area contributed by atoms with Crippen LogP contribution in [0.4, 0.5) is 0 Å². The van der Waals surface area contributed by atoms with E-state index in [1.807, 2.05) is 21.7 Å². The van der Waals surface area contributed by atoms with E-state index in [0.717, 1.165) is 48.2 Å². The Labute approximate surface area is 161 Å². The molecule has 0 N–H and O–H groups in total. The van der Waals surface area contributed by atoms with Crippen molar-refractivity contribution in [1.82, 2.24) is 14.7 Å². The molecule has 0 saturated heterocycles. The van der Waals surface area contributed by atoms with Gasteiger partial charge < -0.3 is 4.90 Å². The first kappa shape index (κ1) is 19.2. The van der Waals surface area contributed by atoms with Crippen molar-refractivity contribution in [3.63, 3.8) is 0 Å². The maximum atomic E-state index is 13.3. The van der Waals surface area contributed by atoms with Crippen molar-refractivity contribution < 1.29 is 4.79 Å². The third-order valence-electron chi connectivity index (χ3n) is 5.23. The van der Waals surface area contributed by atoms with E-state index in [9.17, 15) is 4.79 Å². The van der Waals surface area contributed by atoms with Crippen molar-refractivity contribution >= 4 is 5.91 Å². The minimum atomic E-state index is -0.0311. The second kappa shape index (κ2) is 8.39. The van der Waals surface area contributed by atoms with E-state index in [-0.39, 0.29) is 5.91 Å². The second-order valence-electron chi connectivity index (χ2n) is 7.71. The summed E-state index contributed by atoms with van der Waals surface area (Å²) >= 11 is 0. The molecule has 1 amide bonds. The Kier molecular flexibility index (Phi) is 5.95. The summed E-state index contributed by atoms with van der Waals surface area (Å²) < 4.78 is 1.97. The number of nitrogens with zero attached hydrogens (tertiary/aromatic N) is 4. The van der Waals surface area contributed by atoms with Crippen LogP contribution in [0.5, 0.6) is 0 Å². The number of amides is 1. The Balaban J connectivity index is 1.96. The molecular formula is C22H28N4O. The van der Waals surface area contributed by atoms with Crippen LogP contribution in [0.15, 0.2) is 24.3 Å². The van der Waals surface area contributed by atoms with E-state index < -0.39 is 0 Å². The molecule has 27 heavy (non-hydrogen) atoms. The molecule has 0 radical (unpaired) electrons. The summed E-state index contributed by atoms with van der Waals surface area (Å²) in [4.78, 5) is 15.1. The van der Waals surface area contributed by atoms with Gasteiger partial charge in [-0.05, 0) is 50.2 Å². The van der Waals surface area contributed by atoms with Crippen molar-refractivity contribution in [1.29, 1.82) is 5.26 Å². The molecule has 0 unspecified atom stereocenters. The number of carbonyl (C=O) groups excluding carboxylic acids is 1. The van der Waals surface area contributed by atoms with Crippen molar-refractivity contribution in [3.8, 4) is 11.8 Å². The van der Waals surface area contributed by atoms with Crippen molar-refractivity contribution in [2.75, 3.05) is 13.1 Å². The minimum Gasteiger partial charge on any atom is -0.336 e. The van der Waals surface area contributed by atoms with Crippen LogP contribution in [0.25, 0.3) is 5.69 Å². The zero-order chi connectivity index (χ0) is 19.4. The molecule has 1 heterocycles. The third-order valence-corrected chi connectivity index (χ3v) is 5.23. The monoisotopic (exact) mass is 364 g/mol. The first-order chi connectivity index (χ1) is 13.0. The number of carbonyl (C=O) groups is 1. The van der Waals surface area contributed by atoms with E-state index >= 15 is 0 Å². The van der Waals surface area contributed by atoms with Crippen LogP contribution in [0, 0.1) is 24.2 Å². The first-order valence-corrected chi connectivity index (χ1v) is 9.86. The van der Waals surface area contributed by atoms with Gasteiger partial charge in [-0.15, -0.1) is 0 Å². The number of aromatic nitrogens is 2. The van der Waals surface area contributed by atoms with Gasteiger partial charge in [-0.1, -0.05) is 32.0 Å². The van der Waals surface area contributed by atoms with E-state index in [0.29, 0.717) is 31.1 Å². The van der Waals surface area contributed by atoms with Crippen molar-refractivity contribution in [2.45, 2.75) is 52.9 Å². The van der Waals surface area contributed by atoms with E-state index in [1.165, 1.54) is 0 Å². The zero-order valence-electron chi connectivity index (χ0n) is 16.5. The highest BCUT2D eigenvalue weighted by atomic mass is 16.2. The molecule has 5 heteroatoms. The lowest BCUT2D eigenvalue weighted by Gasteiger charge is -2.22. The molecule has 5 nitrogen and oxygen atoms in total. The normalized spacial score (nSPS) is 12.9. The summed E-state index contributed by atoms with van der Waals surface area (Å²) in [6, 6.07) is 10.3. The Bertz CT molecular complexity index is 860. The van der Waals surface area contributed by atoms with E-state index in [1.54, 1.807) is 0 Å². The lowest BCUT2D eigenvalue weighted by molar-refractivity contribution is 0.0744. The first-order valence-electron chi connectivity index (χ1n) is 9.86. The molecule has 0 spiro atoms. The van der Waals surface area contributed by atoms with Crippen LogP contribution < -0.4 is 0 Å². The maximum Gasteiger partial charge on any atom is 0.274 e. The van der Waals surface area contributed by atoms with Crippen LogP contribution in [-0.2, 0) is 12.8 Å². The largest absolute Gasteiger partial charge is 0.336 e. The molecule has 1 aliphatic rings. The number of para-hydroxylation sites is 1. The quantitative estimate of drug-likeness (QED) is 0.744. The highest BCUT2D eigenvalue weighted by molar-refractivity contribution is 5.94. The van der Waals surface area contributed by atoms with Gasteiger partial charge in [-0.3, -0.25) is 4.79 Å². The molecule has 0 aliphatic heterocycles. The summed E-state index contributed by atoms with van der Waals surface area (Å²) in [7, 11) is 0. The van der Waals surface area contributed by atoms with Gasteiger partial charge in [0, 0.05) is 24.3 Å². The summed E-state index contributed by atoms with van der Waals surface area (Å²) in [6.45, 7) is 7.51.